The first-order valence-corrected chi connectivity index (χ1v) is 7.11. The second-order valence-corrected chi connectivity index (χ2v) is 5.43. The number of benzene rings is 1. The van der Waals surface area contributed by atoms with E-state index in [9.17, 15) is 4.79 Å². The van der Waals surface area contributed by atoms with Gasteiger partial charge in [0.15, 0.2) is 11.5 Å². The van der Waals surface area contributed by atoms with Crippen molar-refractivity contribution in [2.45, 2.75) is 44.6 Å². The molecule has 0 aliphatic heterocycles. The summed E-state index contributed by atoms with van der Waals surface area (Å²) in [4.78, 5) is 12.5. The summed E-state index contributed by atoms with van der Waals surface area (Å²) in [5.41, 5.74) is 0.638. The highest BCUT2D eigenvalue weighted by atomic mass is 16.5. The van der Waals surface area contributed by atoms with Crippen LogP contribution in [0.1, 0.15) is 38.7 Å². The Morgan fingerprint density at radius 2 is 1.95 bits per heavy atom. The van der Waals surface area contributed by atoms with Gasteiger partial charge < -0.3 is 14.8 Å². The van der Waals surface area contributed by atoms with E-state index in [4.69, 9.17) is 9.47 Å². The fourth-order valence-corrected chi connectivity index (χ4v) is 2.37. The zero-order valence-corrected chi connectivity index (χ0v) is 12.7. The van der Waals surface area contributed by atoms with Crippen molar-refractivity contribution in [3.05, 3.63) is 23.8 Å². The molecule has 1 unspecified atom stereocenters. The molecule has 1 aliphatic carbocycles. The van der Waals surface area contributed by atoms with Crippen LogP contribution < -0.4 is 14.8 Å². The molecule has 1 fully saturated rings. The summed E-state index contributed by atoms with van der Waals surface area (Å²) in [6.45, 7) is 4.10. The number of rotatable bonds is 6. The molecule has 1 amide bonds. The second-order valence-electron chi connectivity index (χ2n) is 5.43. The van der Waals surface area contributed by atoms with E-state index in [1.165, 1.54) is 0 Å². The summed E-state index contributed by atoms with van der Waals surface area (Å²) < 4.78 is 10.6. The lowest BCUT2D eigenvalue weighted by Crippen LogP contribution is -2.39. The lowest BCUT2D eigenvalue weighted by Gasteiger charge is -2.20. The lowest BCUT2D eigenvalue weighted by atomic mass is 9.94. The Hall–Kier alpha value is -1.71. The number of amides is 1. The molecule has 4 nitrogen and oxygen atoms in total. The number of methoxy groups -OCH3 is 2. The summed E-state index contributed by atoms with van der Waals surface area (Å²) >= 11 is 0. The normalized spacial score (nSPS) is 17.2. The molecule has 2 rings (SSSR count). The molecule has 1 atom stereocenters. The molecular weight excluding hydrogens is 254 g/mol. The first-order chi connectivity index (χ1) is 9.57. The maximum absolute atomic E-state index is 12.5. The fraction of sp³-hybridized carbons (Fsp3) is 0.562. The summed E-state index contributed by atoms with van der Waals surface area (Å²) in [6.07, 6.45) is 2.73. The average Bonchev–Trinajstić information content (AvgIpc) is 3.28. The van der Waals surface area contributed by atoms with Crippen LogP contribution in [0.15, 0.2) is 18.2 Å². The van der Waals surface area contributed by atoms with Crippen molar-refractivity contribution in [2.24, 2.45) is 0 Å². The maximum atomic E-state index is 12.5. The van der Waals surface area contributed by atoms with Crippen molar-refractivity contribution >= 4 is 5.91 Å². The van der Waals surface area contributed by atoms with Crippen molar-refractivity contribution in [3.8, 4) is 11.5 Å². The Balaban J connectivity index is 2.24. The van der Waals surface area contributed by atoms with Gasteiger partial charge in [-0.15, -0.1) is 0 Å². The largest absolute Gasteiger partial charge is 0.493 e. The molecule has 20 heavy (non-hydrogen) atoms. The minimum absolute atomic E-state index is 0.124. The first-order valence-electron chi connectivity index (χ1n) is 7.11. The van der Waals surface area contributed by atoms with Gasteiger partial charge in [-0.1, -0.05) is 13.0 Å². The Morgan fingerprint density at radius 1 is 1.30 bits per heavy atom. The van der Waals surface area contributed by atoms with E-state index in [1.807, 2.05) is 25.1 Å². The minimum atomic E-state index is -0.372. The average molecular weight is 277 g/mol. The molecule has 1 aromatic carbocycles. The molecule has 0 saturated heterocycles. The maximum Gasteiger partial charge on any atom is 0.230 e. The molecule has 0 aromatic heterocycles. The van der Waals surface area contributed by atoms with Crippen LogP contribution in [0.3, 0.4) is 0 Å². The molecule has 0 bridgehead atoms. The summed E-state index contributed by atoms with van der Waals surface area (Å²) in [6, 6.07) is 5.96. The highest BCUT2D eigenvalue weighted by molar-refractivity contribution is 5.91. The van der Waals surface area contributed by atoms with Crippen molar-refractivity contribution in [1.82, 2.24) is 5.32 Å². The third kappa shape index (κ3) is 2.60. The number of hydrogen-bond acceptors (Lipinski definition) is 3. The third-order valence-corrected chi connectivity index (χ3v) is 4.11. The molecular formula is C16H23NO3. The SMILES string of the molecule is CCC(C)NC(=O)C1(c2ccc(OC)c(OC)c2)CC1. The zero-order chi connectivity index (χ0) is 14.8. The van der Waals surface area contributed by atoms with Crippen LogP contribution in [0.5, 0.6) is 11.5 Å². The van der Waals surface area contributed by atoms with E-state index >= 15 is 0 Å². The van der Waals surface area contributed by atoms with Gasteiger partial charge in [0, 0.05) is 6.04 Å². The smallest absolute Gasteiger partial charge is 0.230 e. The summed E-state index contributed by atoms with van der Waals surface area (Å²) in [5, 5.41) is 3.09. The number of ether oxygens (including phenoxy) is 2. The van der Waals surface area contributed by atoms with Crippen molar-refractivity contribution in [2.75, 3.05) is 14.2 Å². The van der Waals surface area contributed by atoms with E-state index in [1.54, 1.807) is 14.2 Å². The molecule has 0 spiro atoms. The predicted molar refractivity (Wildman–Crippen MR) is 78.4 cm³/mol. The third-order valence-electron chi connectivity index (χ3n) is 4.11. The van der Waals surface area contributed by atoms with Crippen molar-refractivity contribution in [1.29, 1.82) is 0 Å². The van der Waals surface area contributed by atoms with E-state index < -0.39 is 0 Å². The van der Waals surface area contributed by atoms with E-state index in [2.05, 4.69) is 12.2 Å². The van der Waals surface area contributed by atoms with Gasteiger partial charge in [-0.2, -0.15) is 0 Å². The Labute approximate surface area is 120 Å². The lowest BCUT2D eigenvalue weighted by molar-refractivity contribution is -0.124. The molecule has 0 radical (unpaired) electrons. The van der Waals surface area contributed by atoms with Crippen LogP contribution in [-0.4, -0.2) is 26.2 Å². The molecule has 110 valence electrons. The highest BCUT2D eigenvalue weighted by Gasteiger charge is 2.51. The number of nitrogens with one attached hydrogen (secondary N) is 1. The number of hydrogen-bond donors (Lipinski definition) is 1. The van der Waals surface area contributed by atoms with Gasteiger partial charge in [-0.3, -0.25) is 4.79 Å². The highest BCUT2D eigenvalue weighted by Crippen LogP contribution is 2.50. The van der Waals surface area contributed by atoms with Gasteiger partial charge in [-0.25, -0.2) is 0 Å². The quantitative estimate of drug-likeness (QED) is 0.869. The molecule has 1 aliphatic rings. The topological polar surface area (TPSA) is 47.6 Å². The van der Waals surface area contributed by atoms with Gasteiger partial charge in [0.1, 0.15) is 0 Å². The second kappa shape index (κ2) is 5.73. The minimum Gasteiger partial charge on any atom is -0.493 e. The monoisotopic (exact) mass is 277 g/mol. The first kappa shape index (κ1) is 14.7. The van der Waals surface area contributed by atoms with Crippen LogP contribution in [0, 0.1) is 0 Å². The molecule has 0 heterocycles. The number of carbonyl (C=O) groups is 1. The Kier molecular flexibility index (Phi) is 4.21. The number of carbonyl (C=O) groups excluding carboxylic acids is 1. The fourth-order valence-electron chi connectivity index (χ4n) is 2.37. The van der Waals surface area contributed by atoms with Gasteiger partial charge in [0.05, 0.1) is 19.6 Å². The summed E-state index contributed by atoms with van der Waals surface area (Å²) in [7, 11) is 3.22. The van der Waals surface area contributed by atoms with E-state index in [0.717, 1.165) is 24.8 Å². The zero-order valence-electron chi connectivity index (χ0n) is 12.7. The van der Waals surface area contributed by atoms with Crippen molar-refractivity contribution in [3.63, 3.8) is 0 Å². The molecule has 1 saturated carbocycles. The Bertz CT molecular complexity index is 494. The van der Waals surface area contributed by atoms with Gasteiger partial charge in [0.2, 0.25) is 5.91 Å². The van der Waals surface area contributed by atoms with E-state index in [0.29, 0.717) is 11.5 Å². The molecule has 4 heteroatoms. The standard InChI is InChI=1S/C16H23NO3/c1-5-11(2)17-15(18)16(8-9-16)12-6-7-13(19-3)14(10-12)20-4/h6-7,10-11H,5,8-9H2,1-4H3,(H,17,18). The van der Waals surface area contributed by atoms with Crippen LogP contribution >= 0.6 is 0 Å². The van der Waals surface area contributed by atoms with E-state index in [-0.39, 0.29) is 17.4 Å². The van der Waals surface area contributed by atoms with Crippen molar-refractivity contribution < 1.29 is 14.3 Å². The van der Waals surface area contributed by atoms with Crippen LogP contribution in [0.25, 0.3) is 0 Å². The predicted octanol–water partition coefficient (Wildman–Crippen LogP) is 2.65. The molecule has 1 N–H and O–H groups in total. The summed E-state index contributed by atoms with van der Waals surface area (Å²) in [5.74, 6) is 1.49. The van der Waals surface area contributed by atoms with Crippen LogP contribution in [0.2, 0.25) is 0 Å². The van der Waals surface area contributed by atoms with Gasteiger partial charge in [-0.05, 0) is 43.9 Å². The molecule has 1 aromatic rings. The van der Waals surface area contributed by atoms with Crippen LogP contribution in [-0.2, 0) is 10.2 Å². The van der Waals surface area contributed by atoms with Gasteiger partial charge >= 0.3 is 0 Å². The van der Waals surface area contributed by atoms with Crippen LogP contribution in [0.4, 0.5) is 0 Å². The van der Waals surface area contributed by atoms with Gasteiger partial charge in [0.25, 0.3) is 0 Å². The Morgan fingerprint density at radius 3 is 2.45 bits per heavy atom.